The Kier molecular flexibility index (Phi) is 5.12. The summed E-state index contributed by atoms with van der Waals surface area (Å²) in [6, 6.07) is 13.5. The predicted molar refractivity (Wildman–Crippen MR) is 121 cm³/mol. The number of aryl methyl sites for hydroxylation is 1. The second kappa shape index (κ2) is 7.99. The number of nitrogens with zero attached hydrogens (tertiary/aromatic N) is 1. The van der Waals surface area contributed by atoms with Gasteiger partial charge in [0.25, 0.3) is 5.91 Å². The molecule has 1 saturated carbocycles. The summed E-state index contributed by atoms with van der Waals surface area (Å²) in [5, 5.41) is 2.71. The van der Waals surface area contributed by atoms with Gasteiger partial charge in [0, 0.05) is 5.69 Å². The molecule has 2 aliphatic carbocycles. The highest BCUT2D eigenvalue weighted by atomic mass is 16.5. The number of imide groups is 1. The summed E-state index contributed by atoms with van der Waals surface area (Å²) in [7, 11) is 0. The average Bonchev–Trinajstić information content (AvgIpc) is 3.44. The second-order valence-electron chi connectivity index (χ2n) is 8.97. The number of para-hydroxylation sites is 1. The molecule has 0 radical (unpaired) electrons. The van der Waals surface area contributed by atoms with Gasteiger partial charge in [0.05, 0.1) is 23.1 Å². The van der Waals surface area contributed by atoms with Crippen molar-refractivity contribution in [1.29, 1.82) is 0 Å². The highest BCUT2D eigenvalue weighted by Crippen LogP contribution is 2.55. The lowest BCUT2D eigenvalue weighted by atomic mass is 9.82. The van der Waals surface area contributed by atoms with Crippen LogP contribution in [0.4, 0.5) is 11.4 Å². The summed E-state index contributed by atoms with van der Waals surface area (Å²) in [5.74, 6) is -1.95. The lowest BCUT2D eigenvalue weighted by Crippen LogP contribution is -2.33. The van der Waals surface area contributed by atoms with Gasteiger partial charge in [-0.05, 0) is 61.9 Å². The van der Waals surface area contributed by atoms with Gasteiger partial charge < -0.3 is 10.1 Å². The van der Waals surface area contributed by atoms with Crippen LogP contribution in [0.2, 0.25) is 0 Å². The first-order valence-corrected chi connectivity index (χ1v) is 11.0. The number of benzene rings is 2. The lowest BCUT2D eigenvalue weighted by molar-refractivity contribution is -0.123. The average molecular weight is 444 g/mol. The molecule has 2 fully saturated rings. The quantitative estimate of drug-likeness (QED) is 0.433. The molecule has 1 aliphatic heterocycles. The fourth-order valence-electron chi connectivity index (χ4n) is 5.41. The van der Waals surface area contributed by atoms with E-state index < -0.39 is 18.5 Å². The van der Waals surface area contributed by atoms with Gasteiger partial charge in [0.2, 0.25) is 11.8 Å². The van der Waals surface area contributed by atoms with E-state index in [1.807, 2.05) is 26.0 Å². The molecule has 2 bridgehead atoms. The topological polar surface area (TPSA) is 92.8 Å². The highest BCUT2D eigenvalue weighted by Gasteiger charge is 2.60. The van der Waals surface area contributed by atoms with E-state index in [2.05, 4.69) is 11.4 Å². The molecular formula is C26H24N2O5. The Hall–Kier alpha value is -3.74. The molecule has 1 N–H and O–H groups in total. The van der Waals surface area contributed by atoms with Crippen molar-refractivity contribution in [2.45, 2.75) is 20.3 Å². The summed E-state index contributed by atoms with van der Waals surface area (Å²) in [5.41, 5.74) is 3.26. The largest absolute Gasteiger partial charge is 0.452 e. The van der Waals surface area contributed by atoms with Crippen molar-refractivity contribution in [1.82, 2.24) is 0 Å². The molecule has 3 aliphatic rings. The molecule has 0 unspecified atom stereocenters. The minimum Gasteiger partial charge on any atom is -0.452 e. The van der Waals surface area contributed by atoms with Crippen molar-refractivity contribution in [2.24, 2.45) is 23.7 Å². The summed E-state index contributed by atoms with van der Waals surface area (Å²) >= 11 is 0. The summed E-state index contributed by atoms with van der Waals surface area (Å²) in [6.07, 6.45) is 2.99. The monoisotopic (exact) mass is 444 g/mol. The smallest absolute Gasteiger partial charge is 0.338 e. The molecule has 2 aromatic rings. The van der Waals surface area contributed by atoms with Crippen molar-refractivity contribution >= 4 is 35.1 Å². The first kappa shape index (κ1) is 21.1. The van der Waals surface area contributed by atoms with Crippen LogP contribution in [-0.2, 0) is 19.1 Å². The van der Waals surface area contributed by atoms with E-state index in [-0.39, 0.29) is 41.0 Å². The van der Waals surface area contributed by atoms with Crippen LogP contribution in [0.25, 0.3) is 0 Å². The van der Waals surface area contributed by atoms with Crippen LogP contribution in [0.15, 0.2) is 60.2 Å². The minimum absolute atomic E-state index is 0.112. The van der Waals surface area contributed by atoms with Crippen LogP contribution >= 0.6 is 0 Å². The van der Waals surface area contributed by atoms with Crippen LogP contribution in [0.5, 0.6) is 0 Å². The zero-order chi connectivity index (χ0) is 23.3. The van der Waals surface area contributed by atoms with Crippen molar-refractivity contribution < 1.29 is 23.9 Å². The van der Waals surface area contributed by atoms with E-state index in [1.54, 1.807) is 24.3 Å². The maximum Gasteiger partial charge on any atom is 0.338 e. The molecule has 4 atom stereocenters. The van der Waals surface area contributed by atoms with E-state index in [0.717, 1.165) is 12.0 Å². The predicted octanol–water partition coefficient (Wildman–Crippen LogP) is 3.49. The molecule has 0 aromatic heterocycles. The van der Waals surface area contributed by atoms with Crippen molar-refractivity contribution in [3.63, 3.8) is 0 Å². The third kappa shape index (κ3) is 3.53. The standard InChI is InChI=1S/C26H24N2O5/c1-14-6-3-4-9-20(14)27-21(29)13-33-26(32)16-7-5-8-18(11-16)28-24(30)22-17-10-15(2)19(12-17)23(22)25(28)31/h3-11,17,19,22-23H,12-13H2,1-2H3,(H,27,29)/t17-,19+,22+,23-/m0/s1. The van der Waals surface area contributed by atoms with Crippen LogP contribution in [0.1, 0.15) is 29.3 Å². The molecular weight excluding hydrogens is 420 g/mol. The molecule has 7 nitrogen and oxygen atoms in total. The van der Waals surface area contributed by atoms with Crippen molar-refractivity contribution in [2.75, 3.05) is 16.8 Å². The number of esters is 1. The third-order valence-electron chi connectivity index (χ3n) is 6.97. The Morgan fingerprint density at radius 3 is 2.58 bits per heavy atom. The number of rotatable bonds is 5. The molecule has 2 aromatic carbocycles. The van der Waals surface area contributed by atoms with E-state index in [9.17, 15) is 19.2 Å². The number of amides is 3. The van der Waals surface area contributed by atoms with E-state index in [0.29, 0.717) is 11.4 Å². The fourth-order valence-corrected chi connectivity index (χ4v) is 5.41. The molecule has 7 heteroatoms. The maximum atomic E-state index is 13.1. The zero-order valence-electron chi connectivity index (χ0n) is 18.4. The maximum absolute atomic E-state index is 13.1. The van der Waals surface area contributed by atoms with Gasteiger partial charge in [-0.3, -0.25) is 14.4 Å². The van der Waals surface area contributed by atoms with Crippen LogP contribution in [-0.4, -0.2) is 30.3 Å². The first-order valence-electron chi connectivity index (χ1n) is 11.0. The number of allylic oxidation sites excluding steroid dienone is 2. The van der Waals surface area contributed by atoms with Crippen LogP contribution in [0, 0.1) is 30.6 Å². The Bertz CT molecular complexity index is 1220. The number of fused-ring (bicyclic) bond motifs is 5. The number of anilines is 2. The van der Waals surface area contributed by atoms with Gasteiger partial charge in [0.15, 0.2) is 6.61 Å². The fraction of sp³-hybridized carbons (Fsp3) is 0.308. The zero-order valence-corrected chi connectivity index (χ0v) is 18.4. The molecule has 3 amide bonds. The van der Waals surface area contributed by atoms with Gasteiger partial charge in [-0.1, -0.05) is 35.9 Å². The molecule has 1 heterocycles. The number of hydrogen-bond acceptors (Lipinski definition) is 5. The molecule has 5 rings (SSSR count). The van der Waals surface area contributed by atoms with Gasteiger partial charge in [0.1, 0.15) is 0 Å². The van der Waals surface area contributed by atoms with Gasteiger partial charge in [-0.25, -0.2) is 9.69 Å². The second-order valence-corrected chi connectivity index (χ2v) is 8.97. The molecule has 1 saturated heterocycles. The SMILES string of the molecule is CC1=C[C@H]2C[C@H]1[C@@H]1C(=O)N(c3cccc(C(=O)OCC(=O)Nc4ccccc4C)c3)C(=O)[C@@H]12. The third-order valence-corrected chi connectivity index (χ3v) is 6.97. The van der Waals surface area contributed by atoms with Crippen molar-refractivity contribution in [3.05, 3.63) is 71.3 Å². The normalized spacial score (nSPS) is 25.2. The molecule has 0 spiro atoms. The first-order chi connectivity index (χ1) is 15.8. The number of carbonyl (C=O) groups excluding carboxylic acids is 4. The number of nitrogens with one attached hydrogen (secondary N) is 1. The number of hydrogen-bond donors (Lipinski definition) is 1. The van der Waals surface area contributed by atoms with Gasteiger partial charge in [-0.2, -0.15) is 0 Å². The summed E-state index contributed by atoms with van der Waals surface area (Å²) in [6.45, 7) is 3.44. The van der Waals surface area contributed by atoms with E-state index in [4.69, 9.17) is 4.74 Å². The van der Waals surface area contributed by atoms with Gasteiger partial charge >= 0.3 is 5.97 Å². The van der Waals surface area contributed by atoms with Crippen LogP contribution < -0.4 is 10.2 Å². The van der Waals surface area contributed by atoms with E-state index in [1.165, 1.54) is 22.6 Å². The molecule has 33 heavy (non-hydrogen) atoms. The Morgan fingerprint density at radius 1 is 1.03 bits per heavy atom. The van der Waals surface area contributed by atoms with Crippen molar-refractivity contribution in [3.8, 4) is 0 Å². The minimum atomic E-state index is -0.700. The highest BCUT2D eigenvalue weighted by molar-refractivity contribution is 6.23. The Balaban J connectivity index is 1.26. The van der Waals surface area contributed by atoms with Crippen LogP contribution in [0.3, 0.4) is 0 Å². The summed E-state index contributed by atoms with van der Waals surface area (Å²) in [4.78, 5) is 52.2. The lowest BCUT2D eigenvalue weighted by Gasteiger charge is -2.19. The van der Waals surface area contributed by atoms with E-state index >= 15 is 0 Å². The Morgan fingerprint density at radius 2 is 1.79 bits per heavy atom. The Labute approximate surface area is 191 Å². The molecule has 168 valence electrons. The summed E-state index contributed by atoms with van der Waals surface area (Å²) < 4.78 is 5.16. The van der Waals surface area contributed by atoms with Gasteiger partial charge in [-0.15, -0.1) is 0 Å². The number of ether oxygens (including phenoxy) is 1. The number of carbonyl (C=O) groups is 4.